The van der Waals surface area contributed by atoms with Gasteiger partial charge in [-0.25, -0.2) is 4.98 Å². The maximum Gasteiger partial charge on any atom is 0.254 e. The van der Waals surface area contributed by atoms with Crippen LogP contribution in [-0.2, 0) is 0 Å². The van der Waals surface area contributed by atoms with Crippen LogP contribution in [0.15, 0.2) is 85.2 Å². The fourth-order valence-electron chi connectivity index (χ4n) is 4.10. The first kappa shape index (κ1) is 16.8. The van der Waals surface area contributed by atoms with Crippen molar-refractivity contribution in [2.24, 2.45) is 0 Å². The first-order valence-electron chi connectivity index (χ1n) is 9.70. The summed E-state index contributed by atoms with van der Waals surface area (Å²) in [6.07, 6.45) is 6.05. The van der Waals surface area contributed by atoms with E-state index in [4.69, 9.17) is 4.98 Å². The molecule has 1 aliphatic rings. The molecule has 1 atom stereocenters. The number of rotatable bonds is 3. The second-order valence-corrected chi connectivity index (χ2v) is 7.21. The van der Waals surface area contributed by atoms with Crippen molar-refractivity contribution in [3.05, 3.63) is 96.4 Å². The van der Waals surface area contributed by atoms with Crippen LogP contribution in [0.5, 0.6) is 0 Å². The van der Waals surface area contributed by atoms with Crippen molar-refractivity contribution in [1.82, 2.24) is 14.3 Å². The van der Waals surface area contributed by atoms with Gasteiger partial charge in [-0.15, -0.1) is 0 Å². The number of pyridine rings is 1. The number of benzene rings is 2. The van der Waals surface area contributed by atoms with Crippen LogP contribution in [0, 0.1) is 0 Å². The lowest BCUT2D eigenvalue weighted by Gasteiger charge is -2.23. The molecule has 0 N–H and O–H groups in total. The van der Waals surface area contributed by atoms with Crippen molar-refractivity contribution in [2.45, 2.75) is 18.9 Å². The Kier molecular flexibility index (Phi) is 4.17. The average Bonchev–Trinajstić information content (AvgIpc) is 3.41. The summed E-state index contributed by atoms with van der Waals surface area (Å²) in [5, 5.41) is 0. The highest BCUT2D eigenvalue weighted by atomic mass is 16.2. The molecule has 3 heterocycles. The maximum absolute atomic E-state index is 13.0. The Labute approximate surface area is 164 Å². The first-order valence-corrected chi connectivity index (χ1v) is 9.70. The summed E-state index contributed by atoms with van der Waals surface area (Å²) in [7, 11) is 0. The van der Waals surface area contributed by atoms with Gasteiger partial charge >= 0.3 is 0 Å². The molecule has 0 aliphatic carbocycles. The molecule has 0 saturated carbocycles. The molecular weight excluding hydrogens is 346 g/mol. The fraction of sp³-hybridized carbons (Fsp3) is 0.167. The van der Waals surface area contributed by atoms with Crippen LogP contribution >= 0.6 is 0 Å². The molecule has 5 rings (SSSR count). The van der Waals surface area contributed by atoms with Crippen LogP contribution in [0.3, 0.4) is 0 Å². The van der Waals surface area contributed by atoms with Gasteiger partial charge in [0.15, 0.2) is 0 Å². The number of hydrogen-bond donors (Lipinski definition) is 0. The molecule has 138 valence electrons. The number of imidazole rings is 1. The topological polar surface area (TPSA) is 37.6 Å². The third-order valence-corrected chi connectivity index (χ3v) is 5.46. The van der Waals surface area contributed by atoms with Crippen LogP contribution in [-0.4, -0.2) is 26.7 Å². The van der Waals surface area contributed by atoms with Crippen LogP contribution in [0.1, 0.15) is 34.9 Å². The number of carbonyl (C=O) groups excluding carboxylic acids is 1. The Balaban J connectivity index is 1.53. The highest BCUT2D eigenvalue weighted by Gasteiger charge is 2.32. The van der Waals surface area contributed by atoms with Gasteiger partial charge in [-0.1, -0.05) is 48.5 Å². The van der Waals surface area contributed by atoms with Crippen molar-refractivity contribution in [3.8, 4) is 11.1 Å². The quantitative estimate of drug-likeness (QED) is 0.512. The standard InChI is InChI=1S/C24H21N3O/c28-24(19-11-5-2-6-12-19)27-16-8-14-22(27)21-17-26-15-7-13-20(23(26)25-21)18-9-3-1-4-10-18/h1-7,9-13,15,17,22H,8,14,16H2/t22-/m0/s1. The van der Waals surface area contributed by atoms with Gasteiger partial charge in [-0.2, -0.15) is 0 Å². The lowest BCUT2D eigenvalue weighted by atomic mass is 10.1. The van der Waals surface area contributed by atoms with Crippen molar-refractivity contribution < 1.29 is 4.79 Å². The molecule has 4 aromatic rings. The predicted molar refractivity (Wildman–Crippen MR) is 110 cm³/mol. The Morgan fingerprint density at radius 1 is 0.929 bits per heavy atom. The number of fused-ring (bicyclic) bond motifs is 1. The van der Waals surface area contributed by atoms with Gasteiger partial charge < -0.3 is 9.30 Å². The van der Waals surface area contributed by atoms with E-state index < -0.39 is 0 Å². The second-order valence-electron chi connectivity index (χ2n) is 7.21. The van der Waals surface area contributed by atoms with Gasteiger partial charge in [-0.3, -0.25) is 4.79 Å². The number of likely N-dealkylation sites (tertiary alicyclic amines) is 1. The van der Waals surface area contributed by atoms with E-state index in [0.29, 0.717) is 0 Å². The van der Waals surface area contributed by atoms with Crippen molar-refractivity contribution in [3.63, 3.8) is 0 Å². The number of carbonyl (C=O) groups is 1. The molecule has 0 radical (unpaired) electrons. The summed E-state index contributed by atoms with van der Waals surface area (Å²) in [6.45, 7) is 0.776. The van der Waals surface area contributed by atoms with E-state index in [-0.39, 0.29) is 11.9 Å². The van der Waals surface area contributed by atoms with Gasteiger partial charge in [-0.05, 0) is 42.7 Å². The molecule has 28 heavy (non-hydrogen) atoms. The zero-order chi connectivity index (χ0) is 18.9. The fourth-order valence-corrected chi connectivity index (χ4v) is 4.10. The van der Waals surface area contributed by atoms with Gasteiger partial charge in [0.05, 0.1) is 11.7 Å². The van der Waals surface area contributed by atoms with Crippen LogP contribution in [0.2, 0.25) is 0 Å². The summed E-state index contributed by atoms with van der Waals surface area (Å²) in [5.41, 5.74) is 4.89. The normalized spacial score (nSPS) is 16.6. The molecule has 2 aromatic heterocycles. The highest BCUT2D eigenvalue weighted by molar-refractivity contribution is 5.94. The van der Waals surface area contributed by atoms with Gasteiger partial charge in [0.2, 0.25) is 0 Å². The minimum Gasteiger partial charge on any atom is -0.330 e. The molecule has 0 spiro atoms. The molecule has 1 saturated heterocycles. The zero-order valence-corrected chi connectivity index (χ0v) is 15.5. The number of aromatic nitrogens is 2. The molecule has 0 bridgehead atoms. The zero-order valence-electron chi connectivity index (χ0n) is 15.5. The molecule has 1 aliphatic heterocycles. The highest BCUT2D eigenvalue weighted by Crippen LogP contribution is 2.34. The molecule has 0 unspecified atom stereocenters. The summed E-state index contributed by atoms with van der Waals surface area (Å²) in [6, 6.07) is 24.0. The SMILES string of the molecule is O=C(c1ccccc1)N1CCC[C@H]1c1cn2cccc(-c3ccccc3)c2n1. The Morgan fingerprint density at radius 3 is 2.46 bits per heavy atom. The van der Waals surface area contributed by atoms with Gasteiger partial charge in [0, 0.05) is 30.1 Å². The van der Waals surface area contributed by atoms with E-state index in [2.05, 4.69) is 28.8 Å². The number of hydrogen-bond acceptors (Lipinski definition) is 2. The molecule has 1 fully saturated rings. The lowest BCUT2D eigenvalue weighted by molar-refractivity contribution is 0.0733. The number of nitrogens with zero attached hydrogens (tertiary/aromatic N) is 3. The van der Waals surface area contributed by atoms with Crippen LogP contribution in [0.4, 0.5) is 0 Å². The third kappa shape index (κ3) is 2.87. The largest absolute Gasteiger partial charge is 0.330 e. The summed E-state index contributed by atoms with van der Waals surface area (Å²) in [5.74, 6) is 0.0865. The van der Waals surface area contributed by atoms with Gasteiger partial charge in [0.1, 0.15) is 5.65 Å². The van der Waals surface area contributed by atoms with E-state index in [1.54, 1.807) is 0 Å². The van der Waals surface area contributed by atoms with E-state index in [9.17, 15) is 4.79 Å². The molecule has 1 amide bonds. The monoisotopic (exact) mass is 367 g/mol. The van der Waals surface area contributed by atoms with Gasteiger partial charge in [0.25, 0.3) is 5.91 Å². The Bertz CT molecular complexity index is 1120. The molecule has 2 aromatic carbocycles. The molecule has 4 nitrogen and oxygen atoms in total. The molecule has 4 heteroatoms. The van der Waals surface area contributed by atoms with E-state index >= 15 is 0 Å². The summed E-state index contributed by atoms with van der Waals surface area (Å²) >= 11 is 0. The van der Waals surface area contributed by atoms with Crippen LogP contribution < -0.4 is 0 Å². The smallest absolute Gasteiger partial charge is 0.254 e. The van der Waals surface area contributed by atoms with E-state index in [1.807, 2.05) is 65.7 Å². The third-order valence-electron chi connectivity index (χ3n) is 5.46. The Hall–Kier alpha value is -3.40. The molecular formula is C24H21N3O. The minimum absolute atomic E-state index is 0.0243. The second kappa shape index (κ2) is 6.97. The van der Waals surface area contributed by atoms with Crippen molar-refractivity contribution in [1.29, 1.82) is 0 Å². The van der Waals surface area contributed by atoms with Crippen LogP contribution in [0.25, 0.3) is 16.8 Å². The van der Waals surface area contributed by atoms with Crippen molar-refractivity contribution >= 4 is 11.6 Å². The Morgan fingerprint density at radius 2 is 1.68 bits per heavy atom. The minimum atomic E-state index is 0.0243. The van der Waals surface area contributed by atoms with Crippen molar-refractivity contribution in [2.75, 3.05) is 6.54 Å². The first-order chi connectivity index (χ1) is 13.8. The lowest BCUT2D eigenvalue weighted by Crippen LogP contribution is -2.30. The van der Waals surface area contributed by atoms with E-state index in [1.165, 1.54) is 0 Å². The predicted octanol–water partition coefficient (Wildman–Crippen LogP) is 4.98. The summed E-state index contributed by atoms with van der Waals surface area (Å²) in [4.78, 5) is 20.0. The summed E-state index contributed by atoms with van der Waals surface area (Å²) < 4.78 is 2.07. The van der Waals surface area contributed by atoms with E-state index in [0.717, 1.165) is 47.4 Å². The maximum atomic E-state index is 13.0. The average molecular weight is 367 g/mol. The number of amides is 1.